The normalized spacial score (nSPS) is 18.5. The molecule has 0 aliphatic rings. The van der Waals surface area contributed by atoms with Crippen LogP contribution in [0.1, 0.15) is 47.5 Å². The molecule has 0 heterocycles. The van der Waals surface area contributed by atoms with Crippen LogP contribution in [0.2, 0.25) is 0 Å². The second-order valence-corrected chi connectivity index (χ2v) is 6.31. The zero-order valence-corrected chi connectivity index (χ0v) is 12.2. The zero-order valence-electron chi connectivity index (χ0n) is 11.3. The predicted octanol–water partition coefficient (Wildman–Crippen LogP) is 3.44. The summed E-state index contributed by atoms with van der Waals surface area (Å²) in [6.07, 6.45) is 2.15. The molecule has 0 rings (SSSR count). The summed E-state index contributed by atoms with van der Waals surface area (Å²) < 4.78 is 0. The van der Waals surface area contributed by atoms with Crippen LogP contribution in [0.25, 0.3) is 0 Å². The molecule has 94 valence electrons. The quantitative estimate of drug-likeness (QED) is 0.708. The van der Waals surface area contributed by atoms with Gasteiger partial charge in [0.1, 0.15) is 5.54 Å². The second kappa shape index (κ2) is 7.97. The third-order valence-electron chi connectivity index (χ3n) is 2.87. The van der Waals surface area contributed by atoms with Gasteiger partial charge in [-0.25, -0.2) is 0 Å². The Bertz CT molecular complexity index is 224. The number of nitrogens with one attached hydrogen (secondary N) is 1. The van der Waals surface area contributed by atoms with Gasteiger partial charge in [-0.05, 0) is 31.6 Å². The van der Waals surface area contributed by atoms with Gasteiger partial charge in [-0.15, -0.1) is 0 Å². The molecule has 16 heavy (non-hydrogen) atoms. The molecule has 0 bridgehead atoms. The molecule has 0 saturated heterocycles. The average Bonchev–Trinajstić information content (AvgIpc) is 2.26. The zero-order chi connectivity index (χ0) is 12.6. The van der Waals surface area contributed by atoms with E-state index in [1.54, 1.807) is 0 Å². The van der Waals surface area contributed by atoms with Gasteiger partial charge in [0.25, 0.3) is 0 Å². The van der Waals surface area contributed by atoms with Crippen molar-refractivity contribution in [2.24, 2.45) is 5.92 Å². The van der Waals surface area contributed by atoms with E-state index in [1.807, 2.05) is 25.6 Å². The fourth-order valence-corrected chi connectivity index (χ4v) is 2.97. The number of hydrogen-bond acceptors (Lipinski definition) is 3. The molecule has 0 aliphatic carbocycles. The Hall–Kier alpha value is -0.200. The van der Waals surface area contributed by atoms with E-state index in [-0.39, 0.29) is 5.54 Å². The van der Waals surface area contributed by atoms with Gasteiger partial charge in [-0.1, -0.05) is 34.1 Å². The van der Waals surface area contributed by atoms with Crippen molar-refractivity contribution in [2.75, 3.05) is 12.3 Å². The number of rotatable bonds is 8. The Balaban J connectivity index is 4.02. The highest BCUT2D eigenvalue weighted by Crippen LogP contribution is 2.24. The number of hydrogen-bond donors (Lipinski definition) is 1. The van der Waals surface area contributed by atoms with Crippen LogP contribution in [-0.2, 0) is 0 Å². The largest absolute Gasteiger partial charge is 0.300 e. The van der Waals surface area contributed by atoms with E-state index >= 15 is 0 Å². The lowest BCUT2D eigenvalue weighted by Gasteiger charge is -2.26. The van der Waals surface area contributed by atoms with Gasteiger partial charge >= 0.3 is 0 Å². The van der Waals surface area contributed by atoms with E-state index in [1.165, 1.54) is 12.2 Å². The van der Waals surface area contributed by atoms with E-state index in [0.29, 0.717) is 5.25 Å². The van der Waals surface area contributed by atoms with Crippen molar-refractivity contribution in [3.63, 3.8) is 0 Å². The summed E-state index contributed by atoms with van der Waals surface area (Å²) in [6, 6.07) is 2.39. The first-order chi connectivity index (χ1) is 7.47. The summed E-state index contributed by atoms with van der Waals surface area (Å²) in [5, 5.41) is 13.0. The molecule has 0 aromatic carbocycles. The van der Waals surface area contributed by atoms with E-state index in [2.05, 4.69) is 32.2 Å². The molecule has 0 aliphatic heterocycles. The van der Waals surface area contributed by atoms with Crippen molar-refractivity contribution in [3.8, 4) is 6.07 Å². The number of nitriles is 1. The highest BCUT2D eigenvalue weighted by atomic mass is 32.2. The molecule has 0 aromatic rings. The molecule has 0 radical (unpaired) electrons. The molecule has 1 N–H and O–H groups in total. The lowest BCUT2D eigenvalue weighted by molar-refractivity contribution is 0.429. The molecule has 0 amide bonds. The number of nitrogens with zero attached hydrogens (tertiary/aromatic N) is 1. The van der Waals surface area contributed by atoms with Crippen molar-refractivity contribution in [1.29, 1.82) is 5.26 Å². The van der Waals surface area contributed by atoms with Crippen LogP contribution in [0.3, 0.4) is 0 Å². The maximum absolute atomic E-state index is 9.17. The predicted molar refractivity (Wildman–Crippen MR) is 73.7 cm³/mol. The van der Waals surface area contributed by atoms with E-state index in [4.69, 9.17) is 5.26 Å². The first kappa shape index (κ1) is 15.8. The van der Waals surface area contributed by atoms with E-state index < -0.39 is 0 Å². The minimum Gasteiger partial charge on any atom is -0.300 e. The van der Waals surface area contributed by atoms with Crippen LogP contribution in [-0.4, -0.2) is 23.1 Å². The summed E-state index contributed by atoms with van der Waals surface area (Å²) in [5.74, 6) is 1.98. The molecular weight excluding hydrogens is 216 g/mol. The van der Waals surface area contributed by atoms with Crippen molar-refractivity contribution in [2.45, 2.75) is 58.2 Å². The third kappa shape index (κ3) is 6.40. The SMILES string of the molecule is CCNC(C)(C#N)CC(C)SCC(C)CC. The molecule has 2 nitrogen and oxygen atoms in total. The summed E-state index contributed by atoms with van der Waals surface area (Å²) in [6.45, 7) is 11.6. The first-order valence-corrected chi connectivity index (χ1v) is 7.30. The van der Waals surface area contributed by atoms with Gasteiger partial charge in [0, 0.05) is 5.25 Å². The van der Waals surface area contributed by atoms with Crippen LogP contribution in [0, 0.1) is 17.2 Å². The van der Waals surface area contributed by atoms with Gasteiger partial charge in [0.15, 0.2) is 0 Å². The lowest BCUT2D eigenvalue weighted by atomic mass is 9.98. The molecule has 3 heteroatoms. The standard InChI is InChI=1S/C13H26N2S/c1-6-11(3)9-16-12(4)8-13(5,10-14)15-7-2/h11-12,15H,6-9H2,1-5H3. The highest BCUT2D eigenvalue weighted by Gasteiger charge is 2.25. The second-order valence-electron chi connectivity index (χ2n) is 4.84. The Labute approximate surface area is 105 Å². The van der Waals surface area contributed by atoms with E-state index in [9.17, 15) is 0 Å². The Morgan fingerprint density at radius 2 is 2.00 bits per heavy atom. The Kier molecular flexibility index (Phi) is 7.87. The average molecular weight is 242 g/mol. The molecule has 0 fully saturated rings. The first-order valence-electron chi connectivity index (χ1n) is 6.25. The van der Waals surface area contributed by atoms with Crippen molar-refractivity contribution < 1.29 is 0 Å². The minimum atomic E-state index is -0.364. The maximum atomic E-state index is 9.17. The van der Waals surface area contributed by atoms with Crippen molar-refractivity contribution in [3.05, 3.63) is 0 Å². The summed E-state index contributed by atoms with van der Waals surface area (Å²) in [4.78, 5) is 0. The Morgan fingerprint density at radius 1 is 1.38 bits per heavy atom. The molecule has 3 atom stereocenters. The van der Waals surface area contributed by atoms with Gasteiger partial charge in [-0.2, -0.15) is 17.0 Å². The monoisotopic (exact) mass is 242 g/mol. The molecule has 0 spiro atoms. The van der Waals surface area contributed by atoms with Crippen LogP contribution < -0.4 is 5.32 Å². The third-order valence-corrected chi connectivity index (χ3v) is 4.37. The van der Waals surface area contributed by atoms with Gasteiger partial charge in [0.05, 0.1) is 6.07 Å². The fourth-order valence-electron chi connectivity index (χ4n) is 1.63. The summed E-state index contributed by atoms with van der Waals surface area (Å²) in [5.41, 5.74) is -0.364. The smallest absolute Gasteiger partial charge is 0.104 e. The van der Waals surface area contributed by atoms with Gasteiger partial charge in [-0.3, -0.25) is 5.32 Å². The fraction of sp³-hybridized carbons (Fsp3) is 0.923. The summed E-state index contributed by atoms with van der Waals surface area (Å²) >= 11 is 1.99. The van der Waals surface area contributed by atoms with Crippen molar-refractivity contribution >= 4 is 11.8 Å². The molecular formula is C13H26N2S. The molecule has 3 unspecified atom stereocenters. The molecule has 0 saturated carbocycles. The van der Waals surface area contributed by atoms with Crippen LogP contribution >= 0.6 is 11.8 Å². The maximum Gasteiger partial charge on any atom is 0.104 e. The van der Waals surface area contributed by atoms with Crippen LogP contribution in [0.4, 0.5) is 0 Å². The topological polar surface area (TPSA) is 35.8 Å². The van der Waals surface area contributed by atoms with Crippen LogP contribution in [0.15, 0.2) is 0 Å². The van der Waals surface area contributed by atoms with Crippen LogP contribution in [0.5, 0.6) is 0 Å². The lowest BCUT2D eigenvalue weighted by Crippen LogP contribution is -2.42. The molecule has 0 aromatic heterocycles. The van der Waals surface area contributed by atoms with Crippen molar-refractivity contribution in [1.82, 2.24) is 5.32 Å². The van der Waals surface area contributed by atoms with Gasteiger partial charge < -0.3 is 0 Å². The van der Waals surface area contributed by atoms with E-state index in [0.717, 1.165) is 18.9 Å². The van der Waals surface area contributed by atoms with Gasteiger partial charge in [0.2, 0.25) is 0 Å². The Morgan fingerprint density at radius 3 is 2.44 bits per heavy atom. The summed E-state index contributed by atoms with van der Waals surface area (Å²) in [7, 11) is 0. The highest BCUT2D eigenvalue weighted by molar-refractivity contribution is 7.99. The minimum absolute atomic E-state index is 0.364. The number of thioether (sulfide) groups is 1.